The van der Waals surface area contributed by atoms with Crippen molar-refractivity contribution in [1.82, 2.24) is 14.7 Å². The minimum absolute atomic E-state index is 0.00277. The standard InChI is InChI=1S/C12H18ClN3O4S/c1-8-10(12(13)15(2)14-8)5-16(6-11(17)18)9-3-4-21(19,20)7-9/h9H,3-7H2,1-2H3,(H,17,18). The molecule has 1 aromatic heterocycles. The van der Waals surface area contributed by atoms with Crippen LogP contribution in [-0.2, 0) is 28.2 Å². The van der Waals surface area contributed by atoms with E-state index in [0.29, 0.717) is 11.6 Å². The van der Waals surface area contributed by atoms with E-state index in [-0.39, 0.29) is 30.6 Å². The van der Waals surface area contributed by atoms with E-state index in [1.54, 1.807) is 18.9 Å². The molecule has 2 rings (SSSR count). The molecule has 1 unspecified atom stereocenters. The van der Waals surface area contributed by atoms with Gasteiger partial charge in [-0.05, 0) is 13.3 Å². The number of hydrogen-bond acceptors (Lipinski definition) is 5. The van der Waals surface area contributed by atoms with E-state index in [2.05, 4.69) is 5.10 Å². The van der Waals surface area contributed by atoms with Crippen LogP contribution in [-0.4, -0.2) is 58.3 Å². The fraction of sp³-hybridized carbons (Fsp3) is 0.667. The van der Waals surface area contributed by atoms with Crippen LogP contribution >= 0.6 is 11.6 Å². The van der Waals surface area contributed by atoms with Gasteiger partial charge in [0.15, 0.2) is 9.84 Å². The van der Waals surface area contributed by atoms with E-state index in [9.17, 15) is 13.2 Å². The van der Waals surface area contributed by atoms with Gasteiger partial charge in [-0.3, -0.25) is 14.4 Å². The molecular formula is C12H18ClN3O4S. The fourth-order valence-electron chi connectivity index (χ4n) is 2.61. The van der Waals surface area contributed by atoms with Crippen LogP contribution in [0.5, 0.6) is 0 Å². The van der Waals surface area contributed by atoms with Crippen molar-refractivity contribution in [3.63, 3.8) is 0 Å². The van der Waals surface area contributed by atoms with Crippen LogP contribution in [0, 0.1) is 6.92 Å². The van der Waals surface area contributed by atoms with Crippen molar-refractivity contribution in [2.45, 2.75) is 25.9 Å². The molecular weight excluding hydrogens is 318 g/mol. The van der Waals surface area contributed by atoms with E-state index < -0.39 is 15.8 Å². The van der Waals surface area contributed by atoms with Gasteiger partial charge in [-0.25, -0.2) is 8.42 Å². The van der Waals surface area contributed by atoms with E-state index >= 15 is 0 Å². The van der Waals surface area contributed by atoms with Gasteiger partial charge in [-0.2, -0.15) is 5.10 Å². The van der Waals surface area contributed by atoms with Crippen LogP contribution in [0.3, 0.4) is 0 Å². The lowest BCUT2D eigenvalue weighted by molar-refractivity contribution is -0.139. The lowest BCUT2D eigenvalue weighted by Gasteiger charge is -2.26. The Balaban J connectivity index is 2.23. The zero-order valence-electron chi connectivity index (χ0n) is 11.9. The van der Waals surface area contributed by atoms with Gasteiger partial charge in [-0.1, -0.05) is 11.6 Å². The second-order valence-electron chi connectivity index (χ2n) is 5.33. The van der Waals surface area contributed by atoms with Gasteiger partial charge in [-0.15, -0.1) is 0 Å². The van der Waals surface area contributed by atoms with Crippen molar-refractivity contribution in [3.8, 4) is 0 Å². The Morgan fingerprint density at radius 1 is 1.57 bits per heavy atom. The lowest BCUT2D eigenvalue weighted by Crippen LogP contribution is -2.39. The maximum absolute atomic E-state index is 11.6. The van der Waals surface area contributed by atoms with Crippen LogP contribution in [0.25, 0.3) is 0 Å². The highest BCUT2D eigenvalue weighted by Crippen LogP contribution is 2.24. The first-order chi connectivity index (χ1) is 9.69. The second-order valence-corrected chi connectivity index (χ2v) is 7.92. The zero-order valence-corrected chi connectivity index (χ0v) is 13.5. The summed E-state index contributed by atoms with van der Waals surface area (Å²) < 4.78 is 24.7. The van der Waals surface area contributed by atoms with Gasteiger partial charge < -0.3 is 5.11 Å². The molecule has 0 aromatic carbocycles. The molecule has 1 fully saturated rings. The predicted molar refractivity (Wildman–Crippen MR) is 78.1 cm³/mol. The molecule has 0 bridgehead atoms. The monoisotopic (exact) mass is 335 g/mol. The van der Waals surface area contributed by atoms with Crippen LogP contribution in [0.2, 0.25) is 5.15 Å². The highest BCUT2D eigenvalue weighted by molar-refractivity contribution is 7.91. The summed E-state index contributed by atoms with van der Waals surface area (Å²) in [6, 6.07) is -0.290. The van der Waals surface area contributed by atoms with E-state index in [4.69, 9.17) is 16.7 Å². The molecule has 21 heavy (non-hydrogen) atoms. The number of aromatic nitrogens is 2. The summed E-state index contributed by atoms with van der Waals surface area (Å²) >= 11 is 6.17. The third kappa shape index (κ3) is 3.75. The molecule has 1 saturated heterocycles. The van der Waals surface area contributed by atoms with Crippen molar-refractivity contribution >= 4 is 27.4 Å². The number of aliphatic carboxylic acids is 1. The quantitative estimate of drug-likeness (QED) is 0.840. The molecule has 1 aromatic rings. The van der Waals surface area contributed by atoms with Crippen LogP contribution < -0.4 is 0 Å². The summed E-state index contributed by atoms with van der Waals surface area (Å²) in [5.41, 5.74) is 1.46. The summed E-state index contributed by atoms with van der Waals surface area (Å²) in [6.07, 6.45) is 0.451. The van der Waals surface area contributed by atoms with Gasteiger partial charge in [0, 0.05) is 25.2 Å². The van der Waals surface area contributed by atoms with E-state index in [0.717, 1.165) is 11.3 Å². The molecule has 1 N–H and O–H groups in total. The van der Waals surface area contributed by atoms with Crippen LogP contribution in [0.15, 0.2) is 0 Å². The molecule has 0 radical (unpaired) electrons. The molecule has 1 aliphatic heterocycles. The number of carbonyl (C=O) groups is 1. The highest BCUT2D eigenvalue weighted by Gasteiger charge is 2.33. The van der Waals surface area contributed by atoms with Crippen LogP contribution in [0.1, 0.15) is 17.7 Å². The van der Waals surface area contributed by atoms with Crippen molar-refractivity contribution in [2.24, 2.45) is 7.05 Å². The maximum atomic E-state index is 11.6. The third-order valence-electron chi connectivity index (χ3n) is 3.69. The van der Waals surface area contributed by atoms with Gasteiger partial charge in [0.1, 0.15) is 5.15 Å². The van der Waals surface area contributed by atoms with Gasteiger partial charge >= 0.3 is 5.97 Å². The third-order valence-corrected chi connectivity index (χ3v) is 5.92. The number of nitrogens with zero attached hydrogens (tertiary/aromatic N) is 3. The topological polar surface area (TPSA) is 92.5 Å². The smallest absolute Gasteiger partial charge is 0.317 e. The molecule has 0 spiro atoms. The number of sulfone groups is 1. The number of carboxylic acid groups (broad SMARTS) is 1. The Kier molecular flexibility index (Phi) is 4.60. The zero-order chi connectivity index (χ0) is 15.8. The molecule has 118 valence electrons. The Labute approximate surface area is 128 Å². The molecule has 2 heterocycles. The highest BCUT2D eigenvalue weighted by atomic mass is 35.5. The lowest BCUT2D eigenvalue weighted by atomic mass is 10.1. The number of halogens is 1. The van der Waals surface area contributed by atoms with Crippen molar-refractivity contribution in [1.29, 1.82) is 0 Å². The second kappa shape index (κ2) is 5.94. The molecule has 0 saturated carbocycles. The van der Waals surface area contributed by atoms with Crippen molar-refractivity contribution < 1.29 is 18.3 Å². The first kappa shape index (κ1) is 16.3. The largest absolute Gasteiger partial charge is 0.480 e. The molecule has 1 aliphatic rings. The fourth-order valence-corrected chi connectivity index (χ4v) is 4.60. The average molecular weight is 336 g/mol. The number of carboxylic acids is 1. The maximum Gasteiger partial charge on any atom is 0.317 e. The summed E-state index contributed by atoms with van der Waals surface area (Å²) in [5.74, 6) is -0.887. The van der Waals surface area contributed by atoms with Crippen molar-refractivity contribution in [2.75, 3.05) is 18.1 Å². The Morgan fingerprint density at radius 2 is 2.24 bits per heavy atom. The molecule has 9 heteroatoms. The SMILES string of the molecule is Cc1nn(C)c(Cl)c1CN(CC(=O)O)C1CCS(=O)(=O)C1. The van der Waals surface area contributed by atoms with Crippen molar-refractivity contribution in [3.05, 3.63) is 16.4 Å². The predicted octanol–water partition coefficient (Wildman–Crippen LogP) is 0.456. The Morgan fingerprint density at radius 3 is 2.67 bits per heavy atom. The summed E-state index contributed by atoms with van der Waals surface area (Å²) in [6.45, 7) is 1.86. The normalized spacial score (nSPS) is 21.0. The minimum Gasteiger partial charge on any atom is -0.480 e. The average Bonchev–Trinajstić information content (AvgIpc) is 2.82. The summed E-state index contributed by atoms with van der Waals surface area (Å²) in [5, 5.41) is 13.7. The Bertz CT molecular complexity index is 656. The number of aryl methyl sites for hydroxylation is 2. The van der Waals surface area contributed by atoms with Gasteiger partial charge in [0.25, 0.3) is 0 Å². The first-order valence-corrected chi connectivity index (χ1v) is 8.74. The molecule has 0 amide bonds. The Hall–Kier alpha value is -1.12. The molecule has 1 atom stereocenters. The first-order valence-electron chi connectivity index (χ1n) is 6.54. The van der Waals surface area contributed by atoms with E-state index in [1.807, 2.05) is 0 Å². The summed E-state index contributed by atoms with van der Waals surface area (Å²) in [7, 11) is -1.36. The summed E-state index contributed by atoms with van der Waals surface area (Å²) in [4.78, 5) is 12.7. The molecule has 7 nitrogen and oxygen atoms in total. The number of hydrogen-bond donors (Lipinski definition) is 1. The van der Waals surface area contributed by atoms with Gasteiger partial charge in [0.2, 0.25) is 0 Å². The van der Waals surface area contributed by atoms with Gasteiger partial charge in [0.05, 0.1) is 23.7 Å². The van der Waals surface area contributed by atoms with Crippen LogP contribution in [0.4, 0.5) is 0 Å². The van der Waals surface area contributed by atoms with E-state index in [1.165, 1.54) is 4.68 Å². The number of rotatable bonds is 5. The molecule has 0 aliphatic carbocycles. The minimum atomic E-state index is -3.07.